The minimum atomic E-state index is 0.0297. The predicted octanol–water partition coefficient (Wildman–Crippen LogP) is 4.31. The maximum Gasteiger partial charge on any atom is 0.191 e. The molecule has 0 radical (unpaired) electrons. The highest BCUT2D eigenvalue weighted by Crippen LogP contribution is 2.25. The lowest BCUT2D eigenvalue weighted by Crippen LogP contribution is -2.21. The van der Waals surface area contributed by atoms with Crippen molar-refractivity contribution in [2.75, 3.05) is 30.9 Å². The Bertz CT molecular complexity index is 965. The molecular formula is C22H26N4O2S. The van der Waals surface area contributed by atoms with Crippen molar-refractivity contribution in [3.05, 3.63) is 54.1 Å². The quantitative estimate of drug-likeness (QED) is 0.387. The molecule has 1 heterocycles. The van der Waals surface area contributed by atoms with Gasteiger partial charge in [0.2, 0.25) is 0 Å². The monoisotopic (exact) mass is 410 g/mol. The maximum absolute atomic E-state index is 12.5. The molecule has 0 saturated heterocycles. The summed E-state index contributed by atoms with van der Waals surface area (Å²) in [5, 5.41) is 9.31. The van der Waals surface area contributed by atoms with Gasteiger partial charge in [0.05, 0.1) is 12.9 Å². The van der Waals surface area contributed by atoms with Crippen LogP contribution >= 0.6 is 11.8 Å². The molecule has 7 heteroatoms. The van der Waals surface area contributed by atoms with Crippen molar-refractivity contribution < 1.29 is 9.53 Å². The van der Waals surface area contributed by atoms with Gasteiger partial charge in [-0.1, -0.05) is 23.9 Å². The number of carbonyl (C=O) groups excluding carboxylic acids is 1. The van der Waals surface area contributed by atoms with Crippen LogP contribution in [0.4, 0.5) is 5.69 Å². The van der Waals surface area contributed by atoms with Crippen LogP contribution in [0.1, 0.15) is 24.2 Å². The van der Waals surface area contributed by atoms with E-state index < -0.39 is 0 Å². The topological polar surface area (TPSA) is 60.3 Å². The van der Waals surface area contributed by atoms with E-state index in [1.807, 2.05) is 23.7 Å². The van der Waals surface area contributed by atoms with Crippen LogP contribution in [-0.2, 0) is 7.05 Å². The molecule has 0 unspecified atom stereocenters. The van der Waals surface area contributed by atoms with E-state index in [4.69, 9.17) is 4.74 Å². The zero-order valence-corrected chi connectivity index (χ0v) is 18.1. The minimum absolute atomic E-state index is 0.0297. The molecule has 0 aliphatic rings. The number of nitrogens with zero attached hydrogens (tertiary/aromatic N) is 4. The third-order valence-electron chi connectivity index (χ3n) is 4.81. The number of ketones is 1. The molecule has 0 N–H and O–H groups in total. The Hall–Kier alpha value is -2.80. The van der Waals surface area contributed by atoms with Crippen LogP contribution in [0.5, 0.6) is 5.75 Å². The molecule has 0 fully saturated rings. The highest BCUT2D eigenvalue weighted by molar-refractivity contribution is 7.99. The standard InChI is InChI=1S/C22H26N4O2S/c1-5-26(6-2)18-12-10-16(11-13-18)21-23-24-22(25(21)3)29-15-20(27)17-8-7-9-19(14-17)28-4/h7-14H,5-6,15H2,1-4H3. The molecule has 0 atom stereocenters. The number of ether oxygens (including phenoxy) is 1. The summed E-state index contributed by atoms with van der Waals surface area (Å²) in [6.45, 7) is 6.25. The number of aromatic nitrogens is 3. The van der Waals surface area contributed by atoms with Gasteiger partial charge in [0.15, 0.2) is 16.8 Å². The number of methoxy groups -OCH3 is 1. The van der Waals surface area contributed by atoms with Crippen LogP contribution in [-0.4, -0.2) is 46.5 Å². The Kier molecular flexibility index (Phi) is 6.93. The Morgan fingerprint density at radius 1 is 1.10 bits per heavy atom. The smallest absolute Gasteiger partial charge is 0.191 e. The zero-order chi connectivity index (χ0) is 20.8. The number of rotatable bonds is 9. The first-order chi connectivity index (χ1) is 14.1. The second-order valence-electron chi connectivity index (χ2n) is 6.53. The fourth-order valence-corrected chi connectivity index (χ4v) is 3.92. The fraction of sp³-hybridized carbons (Fsp3) is 0.318. The minimum Gasteiger partial charge on any atom is -0.497 e. The molecule has 0 aliphatic heterocycles. The summed E-state index contributed by atoms with van der Waals surface area (Å²) in [6, 6.07) is 15.5. The molecule has 2 aromatic carbocycles. The fourth-order valence-electron chi connectivity index (χ4n) is 3.11. The van der Waals surface area contributed by atoms with Gasteiger partial charge in [-0.15, -0.1) is 10.2 Å². The van der Waals surface area contributed by atoms with E-state index in [0.29, 0.717) is 22.2 Å². The average Bonchev–Trinajstić information content (AvgIpc) is 3.13. The lowest BCUT2D eigenvalue weighted by Gasteiger charge is -2.21. The molecule has 3 aromatic rings. The number of Topliss-reactive ketones (excluding diaryl/α,β-unsaturated/α-hetero) is 1. The Morgan fingerprint density at radius 2 is 1.83 bits per heavy atom. The molecule has 6 nitrogen and oxygen atoms in total. The van der Waals surface area contributed by atoms with Crippen LogP contribution in [0.2, 0.25) is 0 Å². The van der Waals surface area contributed by atoms with Gasteiger partial charge in [-0.25, -0.2) is 0 Å². The largest absolute Gasteiger partial charge is 0.497 e. The molecule has 3 rings (SSSR count). The number of carbonyl (C=O) groups is 1. The van der Waals surface area contributed by atoms with Crippen molar-refractivity contribution in [2.24, 2.45) is 7.05 Å². The van der Waals surface area contributed by atoms with E-state index in [2.05, 4.69) is 53.2 Å². The van der Waals surface area contributed by atoms with Gasteiger partial charge in [0.1, 0.15) is 5.75 Å². The highest BCUT2D eigenvalue weighted by atomic mass is 32.2. The molecule has 152 valence electrons. The molecule has 0 saturated carbocycles. The first-order valence-corrected chi connectivity index (χ1v) is 10.6. The van der Waals surface area contributed by atoms with Gasteiger partial charge >= 0.3 is 0 Å². The first kappa shape index (κ1) is 20.9. The summed E-state index contributed by atoms with van der Waals surface area (Å²) < 4.78 is 7.11. The third kappa shape index (κ3) is 4.79. The summed E-state index contributed by atoms with van der Waals surface area (Å²) >= 11 is 1.38. The first-order valence-electron chi connectivity index (χ1n) is 9.62. The van der Waals surface area contributed by atoms with E-state index >= 15 is 0 Å². The molecule has 1 aromatic heterocycles. The lowest BCUT2D eigenvalue weighted by atomic mass is 10.1. The molecule has 0 bridgehead atoms. The van der Waals surface area contributed by atoms with Crippen LogP contribution in [0.15, 0.2) is 53.7 Å². The van der Waals surface area contributed by atoms with Gasteiger partial charge in [-0.05, 0) is 50.2 Å². The number of anilines is 1. The second kappa shape index (κ2) is 9.60. The van der Waals surface area contributed by atoms with Crippen LogP contribution in [0.3, 0.4) is 0 Å². The van der Waals surface area contributed by atoms with Gasteiger partial charge in [0.25, 0.3) is 0 Å². The Labute approximate surface area is 175 Å². The van der Waals surface area contributed by atoms with Crippen molar-refractivity contribution in [1.29, 1.82) is 0 Å². The lowest BCUT2D eigenvalue weighted by molar-refractivity contribution is 0.102. The summed E-state index contributed by atoms with van der Waals surface area (Å²) in [7, 11) is 3.51. The van der Waals surface area contributed by atoms with Gasteiger partial charge < -0.3 is 14.2 Å². The maximum atomic E-state index is 12.5. The average molecular weight is 411 g/mol. The summed E-state index contributed by atoms with van der Waals surface area (Å²) in [5.74, 6) is 1.78. The number of thioether (sulfide) groups is 1. The molecule has 0 amide bonds. The van der Waals surface area contributed by atoms with E-state index in [0.717, 1.165) is 24.5 Å². The van der Waals surface area contributed by atoms with Gasteiger partial charge in [-0.2, -0.15) is 0 Å². The summed E-state index contributed by atoms with van der Waals surface area (Å²) in [6.07, 6.45) is 0. The highest BCUT2D eigenvalue weighted by Gasteiger charge is 2.14. The molecule has 0 aliphatic carbocycles. The van der Waals surface area contributed by atoms with E-state index in [9.17, 15) is 4.79 Å². The Morgan fingerprint density at radius 3 is 2.48 bits per heavy atom. The zero-order valence-electron chi connectivity index (χ0n) is 17.3. The van der Waals surface area contributed by atoms with Crippen LogP contribution in [0.25, 0.3) is 11.4 Å². The SMILES string of the molecule is CCN(CC)c1ccc(-c2nnc(SCC(=O)c3cccc(OC)c3)n2C)cc1. The molecular weight excluding hydrogens is 384 g/mol. The van der Waals surface area contributed by atoms with Crippen molar-refractivity contribution in [2.45, 2.75) is 19.0 Å². The summed E-state index contributed by atoms with van der Waals surface area (Å²) in [4.78, 5) is 14.8. The van der Waals surface area contributed by atoms with Crippen molar-refractivity contribution in [3.63, 3.8) is 0 Å². The molecule has 29 heavy (non-hydrogen) atoms. The van der Waals surface area contributed by atoms with Crippen molar-refractivity contribution in [3.8, 4) is 17.1 Å². The Balaban J connectivity index is 1.70. The number of benzene rings is 2. The normalized spacial score (nSPS) is 10.8. The predicted molar refractivity (Wildman–Crippen MR) is 118 cm³/mol. The van der Waals surface area contributed by atoms with Crippen LogP contribution in [0, 0.1) is 0 Å². The van der Waals surface area contributed by atoms with Crippen LogP contribution < -0.4 is 9.64 Å². The van der Waals surface area contributed by atoms with Gasteiger partial charge in [-0.3, -0.25) is 4.79 Å². The van der Waals surface area contributed by atoms with Crippen molar-refractivity contribution >= 4 is 23.2 Å². The summed E-state index contributed by atoms with van der Waals surface area (Å²) in [5.41, 5.74) is 2.83. The second-order valence-corrected chi connectivity index (χ2v) is 7.47. The van der Waals surface area contributed by atoms with E-state index in [-0.39, 0.29) is 5.78 Å². The van der Waals surface area contributed by atoms with Gasteiger partial charge in [0, 0.05) is 37.0 Å². The van der Waals surface area contributed by atoms with E-state index in [1.54, 1.807) is 19.2 Å². The number of hydrogen-bond donors (Lipinski definition) is 0. The number of hydrogen-bond acceptors (Lipinski definition) is 6. The third-order valence-corrected chi connectivity index (χ3v) is 5.83. The van der Waals surface area contributed by atoms with E-state index in [1.165, 1.54) is 17.4 Å². The van der Waals surface area contributed by atoms with Crippen molar-refractivity contribution in [1.82, 2.24) is 14.8 Å². The molecule has 0 spiro atoms.